The van der Waals surface area contributed by atoms with Gasteiger partial charge in [-0.25, -0.2) is 4.79 Å². The highest BCUT2D eigenvalue weighted by molar-refractivity contribution is 5.75. The minimum Gasteiger partial charge on any atom is -0.481 e. The van der Waals surface area contributed by atoms with Gasteiger partial charge < -0.3 is 15.1 Å². The molecule has 0 aliphatic rings. The summed E-state index contributed by atoms with van der Waals surface area (Å²) in [6, 6.07) is 5.42. The lowest BCUT2D eigenvalue weighted by Gasteiger charge is -2.08. The van der Waals surface area contributed by atoms with E-state index in [2.05, 4.69) is 9.97 Å². The third kappa shape index (κ3) is 1.98. The molecule has 1 atom stereocenters. The number of benzene rings is 1. The maximum atomic E-state index is 11.0. The fourth-order valence-corrected chi connectivity index (χ4v) is 1.74. The average Bonchev–Trinajstić information content (AvgIpc) is 2.55. The van der Waals surface area contributed by atoms with Crippen molar-refractivity contribution in [2.75, 3.05) is 0 Å². The second kappa shape index (κ2) is 3.84. The summed E-state index contributed by atoms with van der Waals surface area (Å²) in [4.78, 5) is 26.9. The molecule has 2 aromatic rings. The first-order valence-corrected chi connectivity index (χ1v) is 5.00. The lowest BCUT2D eigenvalue weighted by Crippen LogP contribution is -2.02. The molecule has 84 valence electrons. The normalized spacial score (nSPS) is 12.8. The quantitative estimate of drug-likeness (QED) is 0.731. The number of imidazole rings is 1. The molecule has 0 spiro atoms. The summed E-state index contributed by atoms with van der Waals surface area (Å²) in [5, 5.41) is 8.70. The number of aromatic nitrogens is 2. The topological polar surface area (TPSA) is 85.9 Å². The first-order valence-electron chi connectivity index (χ1n) is 5.00. The Morgan fingerprint density at radius 3 is 2.75 bits per heavy atom. The Labute approximate surface area is 91.1 Å². The minimum absolute atomic E-state index is 0.0692. The minimum atomic E-state index is -0.824. The summed E-state index contributed by atoms with van der Waals surface area (Å²) in [7, 11) is 0. The molecule has 0 radical (unpaired) electrons. The van der Waals surface area contributed by atoms with E-state index in [9.17, 15) is 9.59 Å². The largest absolute Gasteiger partial charge is 0.481 e. The number of hydrogen-bond acceptors (Lipinski definition) is 2. The number of fused-ring (bicyclic) bond motifs is 1. The Hall–Kier alpha value is -2.04. The Morgan fingerprint density at radius 1 is 1.38 bits per heavy atom. The van der Waals surface area contributed by atoms with Gasteiger partial charge in [0, 0.05) is 0 Å². The van der Waals surface area contributed by atoms with Gasteiger partial charge in [0.05, 0.1) is 17.5 Å². The molecule has 0 aliphatic carbocycles. The van der Waals surface area contributed by atoms with Gasteiger partial charge in [-0.05, 0) is 23.6 Å². The van der Waals surface area contributed by atoms with E-state index < -0.39 is 5.97 Å². The predicted octanol–water partition coefficient (Wildman–Crippen LogP) is 1.43. The summed E-state index contributed by atoms with van der Waals surface area (Å²) in [5.41, 5.74) is 2.10. The zero-order chi connectivity index (χ0) is 11.7. The van der Waals surface area contributed by atoms with E-state index >= 15 is 0 Å². The summed E-state index contributed by atoms with van der Waals surface area (Å²) in [6.07, 6.45) is 0.0835. The van der Waals surface area contributed by atoms with Gasteiger partial charge in [-0.15, -0.1) is 0 Å². The van der Waals surface area contributed by atoms with Crippen LogP contribution in [-0.4, -0.2) is 21.0 Å². The summed E-state index contributed by atoms with van der Waals surface area (Å²) >= 11 is 0. The number of rotatable bonds is 3. The fraction of sp³-hybridized carbons (Fsp3) is 0.273. The van der Waals surface area contributed by atoms with Crippen LogP contribution in [0.5, 0.6) is 0 Å². The first kappa shape index (κ1) is 10.5. The molecule has 0 amide bonds. The van der Waals surface area contributed by atoms with Gasteiger partial charge in [0.15, 0.2) is 0 Å². The highest BCUT2D eigenvalue weighted by Gasteiger charge is 2.11. The number of nitrogens with one attached hydrogen (secondary N) is 2. The van der Waals surface area contributed by atoms with Crippen LogP contribution in [0.1, 0.15) is 24.8 Å². The molecule has 5 nitrogen and oxygen atoms in total. The van der Waals surface area contributed by atoms with E-state index in [-0.39, 0.29) is 18.0 Å². The molecule has 2 rings (SSSR count). The first-order chi connectivity index (χ1) is 7.56. The van der Waals surface area contributed by atoms with E-state index in [4.69, 9.17) is 5.11 Å². The lowest BCUT2D eigenvalue weighted by molar-refractivity contribution is -0.137. The molecule has 1 aromatic carbocycles. The number of carboxylic acid groups (broad SMARTS) is 1. The highest BCUT2D eigenvalue weighted by Crippen LogP contribution is 2.21. The zero-order valence-electron chi connectivity index (χ0n) is 8.78. The van der Waals surface area contributed by atoms with Crippen molar-refractivity contribution < 1.29 is 9.90 Å². The number of carbonyl (C=O) groups is 1. The second-order valence-corrected chi connectivity index (χ2v) is 3.88. The third-order valence-corrected chi connectivity index (χ3v) is 2.59. The smallest absolute Gasteiger partial charge is 0.323 e. The zero-order valence-corrected chi connectivity index (χ0v) is 8.78. The predicted molar refractivity (Wildman–Crippen MR) is 59.6 cm³/mol. The standard InChI is InChI=1S/C11H12N2O3/c1-6(4-10(14)15)7-2-3-8-9(5-7)13-11(16)12-8/h2-3,5-6H,4H2,1H3,(H,14,15)(H2,12,13,16)/t6-/m1/s1. The van der Waals surface area contributed by atoms with Crippen molar-refractivity contribution >= 4 is 17.0 Å². The van der Waals surface area contributed by atoms with Crippen LogP contribution in [0.2, 0.25) is 0 Å². The number of hydrogen-bond donors (Lipinski definition) is 3. The van der Waals surface area contributed by atoms with Crippen LogP contribution in [0.25, 0.3) is 11.0 Å². The molecule has 1 heterocycles. The van der Waals surface area contributed by atoms with E-state index in [0.29, 0.717) is 5.52 Å². The van der Waals surface area contributed by atoms with Crippen molar-refractivity contribution in [2.24, 2.45) is 0 Å². The van der Waals surface area contributed by atoms with Crippen LogP contribution in [0.4, 0.5) is 0 Å². The van der Waals surface area contributed by atoms with Crippen LogP contribution >= 0.6 is 0 Å². The fourth-order valence-electron chi connectivity index (χ4n) is 1.74. The molecule has 3 N–H and O–H groups in total. The summed E-state index contributed by atoms with van der Waals surface area (Å²) < 4.78 is 0. The van der Waals surface area contributed by atoms with Crippen LogP contribution in [0.15, 0.2) is 23.0 Å². The number of carboxylic acids is 1. The Bertz CT molecular complexity index is 582. The van der Waals surface area contributed by atoms with Gasteiger partial charge in [-0.2, -0.15) is 0 Å². The van der Waals surface area contributed by atoms with Gasteiger partial charge in [0.2, 0.25) is 0 Å². The molecular formula is C11H12N2O3. The van der Waals surface area contributed by atoms with Crippen molar-refractivity contribution in [1.29, 1.82) is 0 Å². The molecule has 0 fully saturated rings. The molecule has 16 heavy (non-hydrogen) atoms. The molecule has 0 saturated carbocycles. The third-order valence-electron chi connectivity index (χ3n) is 2.59. The number of H-pyrrole nitrogens is 2. The van der Waals surface area contributed by atoms with Gasteiger partial charge in [-0.1, -0.05) is 13.0 Å². The van der Waals surface area contributed by atoms with E-state index in [1.807, 2.05) is 13.0 Å². The van der Waals surface area contributed by atoms with Gasteiger partial charge in [0.25, 0.3) is 0 Å². The highest BCUT2D eigenvalue weighted by atomic mass is 16.4. The molecule has 0 saturated heterocycles. The monoisotopic (exact) mass is 220 g/mol. The number of aromatic amines is 2. The SMILES string of the molecule is C[C@H](CC(=O)O)c1ccc2[nH]c(=O)[nH]c2c1. The van der Waals surface area contributed by atoms with Crippen molar-refractivity contribution in [3.63, 3.8) is 0 Å². The molecule has 1 aromatic heterocycles. The van der Waals surface area contributed by atoms with Crippen LogP contribution < -0.4 is 5.69 Å². The van der Waals surface area contributed by atoms with E-state index in [1.54, 1.807) is 12.1 Å². The van der Waals surface area contributed by atoms with Crippen molar-refractivity contribution in [3.8, 4) is 0 Å². The molecule has 0 bridgehead atoms. The van der Waals surface area contributed by atoms with Crippen molar-refractivity contribution in [2.45, 2.75) is 19.3 Å². The van der Waals surface area contributed by atoms with E-state index in [0.717, 1.165) is 11.1 Å². The Balaban J connectivity index is 2.38. The summed E-state index contributed by atoms with van der Waals surface area (Å²) in [5.74, 6) is -0.893. The average molecular weight is 220 g/mol. The van der Waals surface area contributed by atoms with Crippen molar-refractivity contribution in [1.82, 2.24) is 9.97 Å². The lowest BCUT2D eigenvalue weighted by atomic mass is 9.97. The molecule has 5 heteroatoms. The maximum absolute atomic E-state index is 11.0. The van der Waals surface area contributed by atoms with Gasteiger partial charge in [0.1, 0.15) is 0 Å². The Kier molecular flexibility index (Phi) is 2.52. The van der Waals surface area contributed by atoms with Crippen LogP contribution in [-0.2, 0) is 4.79 Å². The van der Waals surface area contributed by atoms with Crippen molar-refractivity contribution in [3.05, 3.63) is 34.2 Å². The van der Waals surface area contributed by atoms with Crippen LogP contribution in [0.3, 0.4) is 0 Å². The maximum Gasteiger partial charge on any atom is 0.323 e. The second-order valence-electron chi connectivity index (χ2n) is 3.88. The van der Waals surface area contributed by atoms with Gasteiger partial charge in [-0.3, -0.25) is 4.79 Å². The number of aliphatic carboxylic acids is 1. The van der Waals surface area contributed by atoms with E-state index in [1.165, 1.54) is 0 Å². The Morgan fingerprint density at radius 2 is 2.06 bits per heavy atom. The summed E-state index contributed by atoms with van der Waals surface area (Å²) in [6.45, 7) is 1.85. The van der Waals surface area contributed by atoms with Gasteiger partial charge >= 0.3 is 11.7 Å². The molecule has 0 unspecified atom stereocenters. The molecule has 0 aliphatic heterocycles. The van der Waals surface area contributed by atoms with Crippen LogP contribution in [0, 0.1) is 0 Å². The molecular weight excluding hydrogens is 208 g/mol.